The fourth-order valence-corrected chi connectivity index (χ4v) is 0.797. The van der Waals surface area contributed by atoms with Gasteiger partial charge in [-0.1, -0.05) is 0 Å². The lowest BCUT2D eigenvalue weighted by atomic mass is 10.3. The van der Waals surface area contributed by atoms with Crippen molar-refractivity contribution in [2.45, 2.75) is 20.4 Å². The number of nitrogens with one attached hydrogen (secondary N) is 1. The fourth-order valence-electron chi connectivity index (χ4n) is 0.797. The van der Waals surface area contributed by atoms with Crippen LogP contribution in [0, 0.1) is 13.8 Å². The molecule has 1 radical (unpaired) electrons. The van der Waals surface area contributed by atoms with Crippen LogP contribution in [0.15, 0.2) is 0 Å². The SMILES string of the molecule is Cc1nc(N)c(C[NH])nc1C. The van der Waals surface area contributed by atoms with Crippen LogP contribution in [-0.2, 0) is 6.54 Å². The molecule has 0 fully saturated rings. The number of aromatic nitrogens is 2. The van der Waals surface area contributed by atoms with Crippen molar-refractivity contribution < 1.29 is 0 Å². The highest BCUT2D eigenvalue weighted by molar-refractivity contribution is 5.36. The van der Waals surface area contributed by atoms with E-state index in [-0.39, 0.29) is 6.54 Å². The van der Waals surface area contributed by atoms with Crippen molar-refractivity contribution in [3.63, 3.8) is 0 Å². The monoisotopic (exact) mass is 151 g/mol. The first-order chi connectivity index (χ1) is 5.15. The van der Waals surface area contributed by atoms with Gasteiger partial charge in [0.2, 0.25) is 0 Å². The van der Waals surface area contributed by atoms with E-state index in [0.717, 1.165) is 11.4 Å². The summed E-state index contributed by atoms with van der Waals surface area (Å²) in [6.45, 7) is 3.81. The molecule has 0 spiro atoms. The molecule has 1 rings (SSSR count). The van der Waals surface area contributed by atoms with Crippen LogP contribution in [-0.4, -0.2) is 9.97 Å². The molecule has 0 atom stereocenters. The fraction of sp³-hybridized carbons (Fsp3) is 0.429. The van der Waals surface area contributed by atoms with Gasteiger partial charge < -0.3 is 5.73 Å². The first-order valence-corrected chi connectivity index (χ1v) is 3.39. The van der Waals surface area contributed by atoms with E-state index >= 15 is 0 Å². The van der Waals surface area contributed by atoms with Gasteiger partial charge in [-0.15, -0.1) is 0 Å². The molecule has 11 heavy (non-hydrogen) atoms. The molecule has 4 nitrogen and oxygen atoms in total. The van der Waals surface area contributed by atoms with Crippen LogP contribution in [0.1, 0.15) is 17.1 Å². The summed E-state index contributed by atoms with van der Waals surface area (Å²) in [7, 11) is 0. The number of hydrogen-bond acceptors (Lipinski definition) is 3. The second kappa shape index (κ2) is 2.84. The minimum Gasteiger partial charge on any atom is -0.382 e. The van der Waals surface area contributed by atoms with Gasteiger partial charge in [-0.2, -0.15) is 0 Å². The average Bonchev–Trinajstić information content (AvgIpc) is 1.97. The van der Waals surface area contributed by atoms with Gasteiger partial charge in [0, 0.05) is 0 Å². The lowest BCUT2D eigenvalue weighted by Crippen LogP contribution is -2.05. The molecule has 3 N–H and O–H groups in total. The zero-order chi connectivity index (χ0) is 8.43. The zero-order valence-corrected chi connectivity index (χ0v) is 6.68. The maximum atomic E-state index is 7.07. The third-order valence-corrected chi connectivity index (χ3v) is 1.58. The Balaban J connectivity index is 3.21. The molecular formula is C7H11N4. The van der Waals surface area contributed by atoms with Gasteiger partial charge in [0.05, 0.1) is 23.6 Å². The van der Waals surface area contributed by atoms with E-state index in [4.69, 9.17) is 11.5 Å². The van der Waals surface area contributed by atoms with Crippen LogP contribution in [0.3, 0.4) is 0 Å². The minimum atomic E-state index is 0.0972. The third kappa shape index (κ3) is 1.46. The first kappa shape index (κ1) is 7.94. The molecule has 1 aromatic heterocycles. The molecule has 0 aliphatic carbocycles. The first-order valence-electron chi connectivity index (χ1n) is 3.39. The Kier molecular flexibility index (Phi) is 2.05. The van der Waals surface area contributed by atoms with Crippen LogP contribution in [0.2, 0.25) is 0 Å². The van der Waals surface area contributed by atoms with E-state index in [1.807, 2.05) is 13.8 Å². The van der Waals surface area contributed by atoms with Crippen molar-refractivity contribution in [2.24, 2.45) is 0 Å². The Hall–Kier alpha value is -1.16. The molecule has 0 aliphatic rings. The number of nitrogens with zero attached hydrogens (tertiary/aromatic N) is 2. The number of aryl methyl sites for hydroxylation is 2. The van der Waals surface area contributed by atoms with E-state index in [1.54, 1.807) is 0 Å². The van der Waals surface area contributed by atoms with Crippen molar-refractivity contribution in [3.8, 4) is 0 Å². The van der Waals surface area contributed by atoms with Gasteiger partial charge in [0.15, 0.2) is 0 Å². The van der Waals surface area contributed by atoms with Crippen molar-refractivity contribution in [1.29, 1.82) is 0 Å². The quantitative estimate of drug-likeness (QED) is 0.633. The van der Waals surface area contributed by atoms with Crippen molar-refractivity contribution >= 4 is 5.82 Å². The van der Waals surface area contributed by atoms with Crippen molar-refractivity contribution in [1.82, 2.24) is 15.7 Å². The van der Waals surface area contributed by atoms with Gasteiger partial charge in [-0.05, 0) is 13.8 Å². The summed E-state index contributed by atoms with van der Waals surface area (Å²) < 4.78 is 0. The number of anilines is 1. The summed E-state index contributed by atoms with van der Waals surface area (Å²) in [5, 5.41) is 0. The van der Waals surface area contributed by atoms with E-state index in [9.17, 15) is 0 Å². The molecule has 0 aromatic carbocycles. The van der Waals surface area contributed by atoms with Crippen molar-refractivity contribution in [2.75, 3.05) is 5.73 Å². The Labute approximate surface area is 65.6 Å². The molecule has 4 heteroatoms. The zero-order valence-electron chi connectivity index (χ0n) is 6.68. The normalized spacial score (nSPS) is 10.1. The van der Waals surface area contributed by atoms with E-state index in [0.29, 0.717) is 11.5 Å². The molecule has 1 heterocycles. The Morgan fingerprint density at radius 2 is 1.82 bits per heavy atom. The highest BCUT2D eigenvalue weighted by Crippen LogP contribution is 2.08. The highest BCUT2D eigenvalue weighted by Gasteiger charge is 2.03. The van der Waals surface area contributed by atoms with E-state index in [1.165, 1.54) is 0 Å². The standard InChI is InChI=1S/C7H11N4/c1-4-5(2)11-7(9)6(3-8)10-4/h8H,3H2,1-2H3,(H2,9,11). The van der Waals surface area contributed by atoms with Crippen LogP contribution in [0.25, 0.3) is 0 Å². The van der Waals surface area contributed by atoms with Gasteiger partial charge in [0.25, 0.3) is 0 Å². The largest absolute Gasteiger partial charge is 0.382 e. The highest BCUT2D eigenvalue weighted by atomic mass is 14.9. The number of hydrogen-bond donors (Lipinski definition) is 1. The van der Waals surface area contributed by atoms with Crippen LogP contribution in [0.4, 0.5) is 5.82 Å². The van der Waals surface area contributed by atoms with Gasteiger partial charge >= 0.3 is 0 Å². The second-order valence-electron chi connectivity index (χ2n) is 2.40. The summed E-state index contributed by atoms with van der Waals surface area (Å²) in [6, 6.07) is 0. The molecule has 0 saturated carbocycles. The lowest BCUT2D eigenvalue weighted by Gasteiger charge is -2.03. The molecule has 0 saturated heterocycles. The average molecular weight is 151 g/mol. The summed E-state index contributed by atoms with van der Waals surface area (Å²) in [4.78, 5) is 8.15. The van der Waals surface area contributed by atoms with Crippen LogP contribution in [0.5, 0.6) is 0 Å². The Morgan fingerprint density at radius 3 is 2.36 bits per heavy atom. The molecule has 1 aromatic rings. The third-order valence-electron chi connectivity index (χ3n) is 1.58. The topological polar surface area (TPSA) is 75.6 Å². The smallest absolute Gasteiger partial charge is 0.146 e. The van der Waals surface area contributed by atoms with Gasteiger partial charge in [-0.3, -0.25) is 10.7 Å². The molecule has 0 unspecified atom stereocenters. The molecule has 0 bridgehead atoms. The van der Waals surface area contributed by atoms with E-state index in [2.05, 4.69) is 9.97 Å². The van der Waals surface area contributed by atoms with Crippen molar-refractivity contribution in [3.05, 3.63) is 17.1 Å². The summed E-state index contributed by atoms with van der Waals surface area (Å²) >= 11 is 0. The lowest BCUT2D eigenvalue weighted by molar-refractivity contribution is 0.909. The Bertz CT molecular complexity index is 269. The van der Waals surface area contributed by atoms with Crippen LogP contribution >= 0.6 is 0 Å². The molecule has 0 aliphatic heterocycles. The molecule has 59 valence electrons. The summed E-state index contributed by atoms with van der Waals surface area (Å²) in [5.41, 5.74) is 14.8. The van der Waals surface area contributed by atoms with Crippen LogP contribution < -0.4 is 11.5 Å². The maximum Gasteiger partial charge on any atom is 0.146 e. The van der Waals surface area contributed by atoms with Gasteiger partial charge in [-0.25, -0.2) is 4.98 Å². The second-order valence-corrected chi connectivity index (χ2v) is 2.40. The number of rotatable bonds is 1. The summed E-state index contributed by atoms with van der Waals surface area (Å²) in [5.74, 6) is 0.378. The predicted molar refractivity (Wildman–Crippen MR) is 42.7 cm³/mol. The predicted octanol–water partition coefficient (Wildman–Crippen LogP) is 0.459. The number of nitrogen functional groups attached to an aromatic ring is 1. The minimum absolute atomic E-state index is 0.0972. The number of nitrogens with two attached hydrogens (primary N) is 1. The molecular weight excluding hydrogens is 140 g/mol. The summed E-state index contributed by atoms with van der Waals surface area (Å²) in [6.07, 6.45) is 0. The van der Waals surface area contributed by atoms with E-state index < -0.39 is 0 Å². The maximum absolute atomic E-state index is 7.07. The van der Waals surface area contributed by atoms with Gasteiger partial charge in [0.1, 0.15) is 5.82 Å². The Morgan fingerprint density at radius 1 is 1.27 bits per heavy atom. The molecule has 0 amide bonds.